The predicted octanol–water partition coefficient (Wildman–Crippen LogP) is 6.43. The molecular weight excluding hydrogens is 415 g/mol. The second-order valence-corrected chi connectivity index (χ2v) is 7.50. The molecule has 0 atom stereocenters. The van der Waals surface area contributed by atoms with Crippen LogP contribution in [0.15, 0.2) is 103 Å². The molecular formula is C27H19FN4O. The largest absolute Gasteiger partial charge is 0.339 e. The second-order valence-electron chi connectivity index (χ2n) is 7.50. The van der Waals surface area contributed by atoms with E-state index in [1.165, 1.54) is 12.1 Å². The molecule has 33 heavy (non-hydrogen) atoms. The normalized spacial score (nSPS) is 10.7. The summed E-state index contributed by atoms with van der Waals surface area (Å²) in [5, 5.41) is 16.5. The Morgan fingerprint density at radius 2 is 1.58 bits per heavy atom. The van der Waals surface area contributed by atoms with Crippen molar-refractivity contribution in [2.75, 3.05) is 10.6 Å². The summed E-state index contributed by atoms with van der Waals surface area (Å²) in [4.78, 5) is 12.9. The lowest BCUT2D eigenvalue weighted by Crippen LogP contribution is -2.12. The molecule has 0 saturated heterocycles. The van der Waals surface area contributed by atoms with Gasteiger partial charge in [-0.15, -0.1) is 10.2 Å². The predicted molar refractivity (Wildman–Crippen MR) is 129 cm³/mol. The number of benzene rings is 4. The third kappa shape index (κ3) is 4.55. The van der Waals surface area contributed by atoms with Crippen LogP contribution >= 0.6 is 0 Å². The lowest BCUT2D eigenvalue weighted by molar-refractivity contribution is 0.102. The highest BCUT2D eigenvalue weighted by molar-refractivity contribution is 6.09. The first kappa shape index (κ1) is 20.3. The summed E-state index contributed by atoms with van der Waals surface area (Å²) in [5.41, 5.74) is 3.20. The summed E-state index contributed by atoms with van der Waals surface area (Å²) in [6.07, 6.45) is 0. The molecule has 5 rings (SSSR count). The van der Waals surface area contributed by atoms with Crippen LogP contribution in [0.1, 0.15) is 10.4 Å². The monoisotopic (exact) mass is 434 g/mol. The summed E-state index contributed by atoms with van der Waals surface area (Å²) < 4.78 is 13.4. The molecule has 1 amide bonds. The summed E-state index contributed by atoms with van der Waals surface area (Å²) in [6.45, 7) is 0. The van der Waals surface area contributed by atoms with Crippen LogP contribution in [0.3, 0.4) is 0 Å². The van der Waals surface area contributed by atoms with Gasteiger partial charge in [-0.25, -0.2) is 4.39 Å². The number of aromatic nitrogens is 2. The number of nitrogens with one attached hydrogen (secondary N) is 2. The minimum absolute atomic E-state index is 0.206. The van der Waals surface area contributed by atoms with E-state index in [1.807, 2.05) is 48.5 Å². The van der Waals surface area contributed by atoms with Crippen LogP contribution in [0, 0.1) is 5.82 Å². The van der Waals surface area contributed by atoms with Crippen molar-refractivity contribution in [2.24, 2.45) is 0 Å². The van der Waals surface area contributed by atoms with E-state index in [2.05, 4.69) is 20.8 Å². The van der Waals surface area contributed by atoms with Gasteiger partial charge in [-0.05, 0) is 53.9 Å². The number of rotatable bonds is 5. The van der Waals surface area contributed by atoms with Crippen molar-refractivity contribution in [3.63, 3.8) is 0 Å². The molecule has 6 heteroatoms. The third-order valence-electron chi connectivity index (χ3n) is 5.22. The molecule has 0 spiro atoms. The van der Waals surface area contributed by atoms with Gasteiger partial charge in [0.2, 0.25) is 0 Å². The number of fused-ring (bicyclic) bond motifs is 1. The van der Waals surface area contributed by atoms with E-state index >= 15 is 0 Å². The first-order chi connectivity index (χ1) is 16.2. The molecule has 1 heterocycles. The quantitative estimate of drug-likeness (QED) is 0.334. The van der Waals surface area contributed by atoms with E-state index in [4.69, 9.17) is 0 Å². The van der Waals surface area contributed by atoms with Gasteiger partial charge in [0.1, 0.15) is 5.82 Å². The highest BCUT2D eigenvalue weighted by Gasteiger charge is 2.10. The van der Waals surface area contributed by atoms with Crippen LogP contribution in [0.2, 0.25) is 0 Å². The fraction of sp³-hybridized carbons (Fsp3) is 0. The summed E-state index contributed by atoms with van der Waals surface area (Å²) in [7, 11) is 0. The van der Waals surface area contributed by atoms with Crippen molar-refractivity contribution in [2.45, 2.75) is 0 Å². The maximum absolute atomic E-state index is 13.4. The molecule has 0 saturated carbocycles. The van der Waals surface area contributed by atoms with Crippen molar-refractivity contribution in [1.29, 1.82) is 0 Å². The summed E-state index contributed by atoms with van der Waals surface area (Å²) in [5.74, 6) is -0.0144. The molecule has 0 radical (unpaired) electrons. The first-order valence-electron chi connectivity index (χ1n) is 10.4. The average Bonchev–Trinajstić information content (AvgIpc) is 2.85. The van der Waals surface area contributed by atoms with E-state index in [0.717, 1.165) is 16.5 Å². The lowest BCUT2D eigenvalue weighted by atomic mass is 10.1. The molecule has 4 aromatic carbocycles. The zero-order chi connectivity index (χ0) is 22.6. The molecule has 160 valence electrons. The van der Waals surface area contributed by atoms with Crippen molar-refractivity contribution in [3.8, 4) is 11.3 Å². The number of halogens is 1. The zero-order valence-electron chi connectivity index (χ0n) is 17.5. The molecule has 2 N–H and O–H groups in total. The van der Waals surface area contributed by atoms with Crippen molar-refractivity contribution < 1.29 is 9.18 Å². The Kier molecular flexibility index (Phi) is 5.47. The molecule has 0 aliphatic rings. The molecule has 0 unspecified atom stereocenters. The second kappa shape index (κ2) is 8.88. The van der Waals surface area contributed by atoms with Gasteiger partial charge in [0.05, 0.1) is 5.69 Å². The van der Waals surface area contributed by atoms with Crippen molar-refractivity contribution in [3.05, 3.63) is 115 Å². The topological polar surface area (TPSA) is 66.9 Å². The summed E-state index contributed by atoms with van der Waals surface area (Å²) in [6, 6.07) is 30.6. The maximum Gasteiger partial charge on any atom is 0.255 e. The van der Waals surface area contributed by atoms with E-state index in [9.17, 15) is 9.18 Å². The van der Waals surface area contributed by atoms with Gasteiger partial charge in [-0.2, -0.15) is 0 Å². The average molecular weight is 434 g/mol. The third-order valence-corrected chi connectivity index (χ3v) is 5.22. The molecule has 0 bridgehead atoms. The van der Waals surface area contributed by atoms with Gasteiger partial charge in [0.25, 0.3) is 5.91 Å². The Bertz CT molecular complexity index is 1450. The van der Waals surface area contributed by atoms with Gasteiger partial charge >= 0.3 is 0 Å². The van der Waals surface area contributed by atoms with Gasteiger partial charge in [0.15, 0.2) is 5.82 Å². The number of nitrogens with zero attached hydrogens (tertiary/aromatic N) is 2. The van der Waals surface area contributed by atoms with E-state index in [-0.39, 0.29) is 11.7 Å². The molecule has 0 aliphatic heterocycles. The van der Waals surface area contributed by atoms with E-state index in [1.54, 1.807) is 42.5 Å². The van der Waals surface area contributed by atoms with Crippen LogP contribution in [-0.4, -0.2) is 16.1 Å². The molecule has 0 aliphatic carbocycles. The number of anilines is 3. The standard InChI is InChI=1S/C27H19FN4O/c28-21-10-3-8-19(16-21)24-14-15-26(32-31-24)29-22-11-4-9-20(17-22)27(33)30-25-13-5-7-18-6-1-2-12-23(18)25/h1-17H,(H,29,32)(H,30,33). The van der Waals surface area contributed by atoms with E-state index < -0.39 is 0 Å². The van der Waals surface area contributed by atoms with Crippen molar-refractivity contribution in [1.82, 2.24) is 10.2 Å². The Labute approximate surface area is 189 Å². The van der Waals surface area contributed by atoms with Gasteiger partial charge in [-0.1, -0.05) is 54.6 Å². The SMILES string of the molecule is O=C(Nc1cccc2ccccc12)c1cccc(Nc2ccc(-c3cccc(F)c3)nn2)c1. The molecule has 1 aromatic heterocycles. The number of hydrogen-bond acceptors (Lipinski definition) is 4. The number of hydrogen-bond donors (Lipinski definition) is 2. The highest BCUT2D eigenvalue weighted by atomic mass is 19.1. The Morgan fingerprint density at radius 1 is 0.758 bits per heavy atom. The first-order valence-corrected chi connectivity index (χ1v) is 10.4. The van der Waals surface area contributed by atoms with Gasteiger partial charge in [-0.3, -0.25) is 4.79 Å². The fourth-order valence-corrected chi connectivity index (χ4v) is 3.62. The minimum Gasteiger partial charge on any atom is -0.339 e. The molecule has 0 fully saturated rings. The van der Waals surface area contributed by atoms with E-state index in [0.29, 0.717) is 28.3 Å². The lowest BCUT2D eigenvalue weighted by Gasteiger charge is -2.10. The van der Waals surface area contributed by atoms with Crippen LogP contribution < -0.4 is 10.6 Å². The number of carbonyl (C=O) groups excluding carboxylic acids is 1. The zero-order valence-corrected chi connectivity index (χ0v) is 17.5. The molecule has 5 aromatic rings. The van der Waals surface area contributed by atoms with Crippen LogP contribution in [0.5, 0.6) is 0 Å². The summed E-state index contributed by atoms with van der Waals surface area (Å²) >= 11 is 0. The van der Waals surface area contributed by atoms with Crippen LogP contribution in [0.25, 0.3) is 22.0 Å². The highest BCUT2D eigenvalue weighted by Crippen LogP contribution is 2.24. The minimum atomic E-state index is -0.324. The van der Waals surface area contributed by atoms with Crippen molar-refractivity contribution >= 4 is 33.9 Å². The number of carbonyl (C=O) groups is 1. The fourth-order valence-electron chi connectivity index (χ4n) is 3.62. The smallest absolute Gasteiger partial charge is 0.255 e. The van der Waals surface area contributed by atoms with Crippen LogP contribution in [-0.2, 0) is 0 Å². The van der Waals surface area contributed by atoms with Gasteiger partial charge < -0.3 is 10.6 Å². The van der Waals surface area contributed by atoms with Crippen LogP contribution in [0.4, 0.5) is 21.6 Å². The maximum atomic E-state index is 13.4. The number of amides is 1. The Morgan fingerprint density at radius 3 is 2.42 bits per heavy atom. The molecule has 5 nitrogen and oxygen atoms in total. The Hall–Kier alpha value is -4.58. The Balaban J connectivity index is 1.32. The van der Waals surface area contributed by atoms with Gasteiger partial charge in [0, 0.05) is 27.9 Å².